The van der Waals surface area contributed by atoms with Crippen LogP contribution < -0.4 is 0 Å². The third-order valence-corrected chi connectivity index (χ3v) is 13.2. The molecule has 0 saturated carbocycles. The van der Waals surface area contributed by atoms with Gasteiger partial charge in [0.05, 0.1) is 22.8 Å². The average molecular weight is 931 g/mol. The minimum absolute atomic E-state index is 0.118. The van der Waals surface area contributed by atoms with Crippen LogP contribution in [-0.4, -0.2) is 135 Å². The van der Waals surface area contributed by atoms with Gasteiger partial charge in [0.2, 0.25) is 0 Å². The van der Waals surface area contributed by atoms with Gasteiger partial charge < -0.3 is 0 Å². The van der Waals surface area contributed by atoms with Gasteiger partial charge in [-0.15, -0.1) is 10.2 Å². The third-order valence-electron chi connectivity index (χ3n) is 13.2. The normalized spacial score (nSPS) is 16.1. The average Bonchev–Trinajstić information content (AvgIpc) is 4.07. The smallest absolute Gasteiger partial charge is 0.179 e. The molecular weight excluding hydrogens is 869 g/mol. The molecule has 2 fully saturated rings. The second kappa shape index (κ2) is 23.3. The summed E-state index contributed by atoms with van der Waals surface area (Å²) in [6, 6.07) is 45.3. The first-order chi connectivity index (χ1) is 34.4. The van der Waals surface area contributed by atoms with Gasteiger partial charge in [-0.3, -0.25) is 29.6 Å². The van der Waals surface area contributed by atoms with Crippen LogP contribution in [0.3, 0.4) is 0 Å². The number of aryl methyl sites for hydroxylation is 4. The number of para-hydroxylation sites is 2. The first-order valence-electron chi connectivity index (χ1n) is 24.3. The van der Waals surface area contributed by atoms with Crippen LogP contribution in [0.5, 0.6) is 0 Å². The van der Waals surface area contributed by atoms with Crippen LogP contribution in [0, 0.1) is 27.7 Å². The lowest BCUT2D eigenvalue weighted by atomic mass is 10.1. The molecule has 356 valence electrons. The van der Waals surface area contributed by atoms with E-state index in [1.165, 1.54) is 11.1 Å². The molecule has 2 aliphatic heterocycles. The Balaban J connectivity index is 0.000000174. The van der Waals surface area contributed by atoms with E-state index in [0.717, 1.165) is 122 Å². The zero-order valence-electron chi connectivity index (χ0n) is 40.7. The van der Waals surface area contributed by atoms with Gasteiger partial charge in [0.1, 0.15) is 12.1 Å². The number of aromatic nitrogens is 10. The Kier molecular flexibility index (Phi) is 15.9. The minimum atomic E-state index is -0.118. The van der Waals surface area contributed by atoms with Gasteiger partial charge in [0.25, 0.3) is 0 Å². The fraction of sp³-hybridized carbons (Fsp3) is 0.286. The molecule has 8 aromatic rings. The maximum absolute atomic E-state index is 4.72. The van der Waals surface area contributed by atoms with Crippen LogP contribution in [0.2, 0.25) is 0 Å². The lowest BCUT2D eigenvalue weighted by Gasteiger charge is -2.38. The first-order valence-corrected chi connectivity index (χ1v) is 24.3. The summed E-state index contributed by atoms with van der Waals surface area (Å²) in [6.45, 7) is 17.9. The number of nitrogens with zero attached hydrogens (tertiary/aromatic N) is 14. The monoisotopic (exact) mass is 931 g/mol. The molecule has 0 unspecified atom stereocenters. The molecule has 2 atom stereocenters. The second-order valence-electron chi connectivity index (χ2n) is 18.0. The Morgan fingerprint density at radius 1 is 0.429 bits per heavy atom. The molecule has 14 heteroatoms. The molecule has 0 N–H and O–H groups in total. The van der Waals surface area contributed by atoms with E-state index in [9.17, 15) is 0 Å². The lowest BCUT2D eigenvalue weighted by Crippen LogP contribution is -2.48. The summed E-state index contributed by atoms with van der Waals surface area (Å²) < 4.78 is 3.80. The highest BCUT2D eigenvalue weighted by Gasteiger charge is 2.34. The Hall–Kier alpha value is -7.36. The number of hydrogen-bond acceptors (Lipinski definition) is 12. The third kappa shape index (κ3) is 11.6. The van der Waals surface area contributed by atoms with Crippen molar-refractivity contribution in [2.75, 3.05) is 65.4 Å². The van der Waals surface area contributed by atoms with E-state index in [4.69, 9.17) is 9.97 Å². The van der Waals surface area contributed by atoms with E-state index >= 15 is 0 Å². The molecule has 6 heterocycles. The summed E-state index contributed by atoms with van der Waals surface area (Å²) in [4.78, 5) is 19.3. The zero-order chi connectivity index (χ0) is 48.1. The first kappa shape index (κ1) is 47.7. The predicted molar refractivity (Wildman–Crippen MR) is 276 cm³/mol. The molecule has 2 saturated heterocycles. The van der Waals surface area contributed by atoms with E-state index in [0.29, 0.717) is 0 Å². The van der Waals surface area contributed by atoms with Gasteiger partial charge in [-0.25, -0.2) is 0 Å². The van der Waals surface area contributed by atoms with Crippen LogP contribution in [0.4, 0.5) is 0 Å². The number of hydrogen-bond donors (Lipinski definition) is 0. The van der Waals surface area contributed by atoms with Crippen molar-refractivity contribution in [3.63, 3.8) is 0 Å². The quantitative estimate of drug-likeness (QED) is 0.104. The summed E-state index contributed by atoms with van der Waals surface area (Å²) in [5.74, 6) is 1.61. The summed E-state index contributed by atoms with van der Waals surface area (Å²) in [5.41, 5.74) is 11.1. The number of pyridine rings is 2. The molecule has 0 aliphatic carbocycles. The fourth-order valence-corrected chi connectivity index (χ4v) is 9.58. The van der Waals surface area contributed by atoms with Crippen LogP contribution in [0.25, 0.3) is 23.5 Å². The molecular formula is C56H62N14. The largest absolute Gasteiger partial charge is 0.297 e. The van der Waals surface area contributed by atoms with E-state index in [1.54, 1.807) is 0 Å². The van der Waals surface area contributed by atoms with Crippen molar-refractivity contribution in [2.45, 2.75) is 39.8 Å². The van der Waals surface area contributed by atoms with Gasteiger partial charge in [-0.2, -0.15) is 9.36 Å². The highest BCUT2D eigenvalue weighted by Crippen LogP contribution is 2.31. The number of tetrazole rings is 2. The van der Waals surface area contributed by atoms with Crippen LogP contribution in [-0.2, 0) is 0 Å². The second-order valence-corrected chi connectivity index (χ2v) is 18.0. The SMILES string of the molecule is Cc1cccc(C)c1-n1nnnc1[C@@H](c1ccccn1)N1CCN(C/C=C/c2ccccc2)CC1.Cc1cccc(C)c1-n1nnnc1[C@H](c1ccccn1)N1CCN(C/C=C/c2ccccc2)CC1. The number of piperazine rings is 2. The molecule has 0 radical (unpaired) electrons. The fourth-order valence-electron chi connectivity index (χ4n) is 9.58. The van der Waals surface area contributed by atoms with Gasteiger partial charge in [0.15, 0.2) is 11.6 Å². The number of rotatable bonds is 14. The van der Waals surface area contributed by atoms with Crippen LogP contribution >= 0.6 is 0 Å². The lowest BCUT2D eigenvalue weighted by molar-refractivity contribution is 0.112. The van der Waals surface area contributed by atoms with Crippen molar-refractivity contribution in [1.82, 2.24) is 70.0 Å². The van der Waals surface area contributed by atoms with Crippen molar-refractivity contribution in [1.29, 1.82) is 0 Å². The Morgan fingerprint density at radius 2 is 0.800 bits per heavy atom. The summed E-state index contributed by atoms with van der Waals surface area (Å²) in [6.07, 6.45) is 12.6. The Morgan fingerprint density at radius 3 is 1.16 bits per heavy atom. The Labute approximate surface area is 411 Å². The van der Waals surface area contributed by atoms with Crippen molar-refractivity contribution in [3.05, 3.63) is 214 Å². The van der Waals surface area contributed by atoms with E-state index in [2.05, 4.69) is 200 Å². The Bertz CT molecular complexity index is 2680. The highest BCUT2D eigenvalue weighted by molar-refractivity contribution is 5.50. The van der Waals surface area contributed by atoms with Crippen LogP contribution in [0.1, 0.15) is 68.5 Å². The molecule has 0 bridgehead atoms. The van der Waals surface area contributed by atoms with E-state index < -0.39 is 0 Å². The van der Waals surface area contributed by atoms with Crippen molar-refractivity contribution in [3.8, 4) is 11.4 Å². The maximum Gasteiger partial charge on any atom is 0.179 e. The predicted octanol–water partition coefficient (Wildman–Crippen LogP) is 8.19. The van der Waals surface area contributed by atoms with Gasteiger partial charge >= 0.3 is 0 Å². The minimum Gasteiger partial charge on any atom is -0.297 e. The van der Waals surface area contributed by atoms with Crippen molar-refractivity contribution < 1.29 is 0 Å². The van der Waals surface area contributed by atoms with Crippen LogP contribution in [0.15, 0.2) is 158 Å². The van der Waals surface area contributed by atoms with Gasteiger partial charge in [-0.05, 0) is 106 Å². The highest BCUT2D eigenvalue weighted by atomic mass is 15.6. The molecule has 14 nitrogen and oxygen atoms in total. The van der Waals surface area contributed by atoms with E-state index in [-0.39, 0.29) is 12.1 Å². The summed E-state index contributed by atoms with van der Waals surface area (Å²) >= 11 is 0. The molecule has 70 heavy (non-hydrogen) atoms. The maximum atomic E-state index is 4.72. The van der Waals surface area contributed by atoms with Crippen molar-refractivity contribution >= 4 is 12.2 Å². The van der Waals surface area contributed by atoms with Crippen molar-refractivity contribution in [2.24, 2.45) is 0 Å². The zero-order valence-corrected chi connectivity index (χ0v) is 40.7. The molecule has 2 aliphatic rings. The van der Waals surface area contributed by atoms with Gasteiger partial charge in [0, 0.05) is 77.8 Å². The molecule has 4 aromatic carbocycles. The molecule has 4 aromatic heterocycles. The molecule has 0 amide bonds. The number of benzene rings is 4. The topological polar surface area (TPSA) is 126 Å². The van der Waals surface area contributed by atoms with E-state index in [1.807, 2.05) is 58.2 Å². The molecule has 10 rings (SSSR count). The standard InChI is InChI=1S/2C28H31N7/c2*1-22-10-8-11-23(2)26(22)35-28(30-31-32-35)27(25-15-6-7-16-29-25)34-20-18-33(19-21-34)17-9-14-24-12-4-3-5-13-24/h2*3-16,27H,17-21H2,1-2H3/b2*14-9+/t2*27-/m10/s1. The molecule has 0 spiro atoms. The summed E-state index contributed by atoms with van der Waals surface area (Å²) in [5, 5.41) is 26.1. The summed E-state index contributed by atoms with van der Waals surface area (Å²) in [7, 11) is 0. The van der Waals surface area contributed by atoms with Gasteiger partial charge in [-0.1, -0.05) is 133 Å².